The van der Waals surface area contributed by atoms with Crippen LogP contribution in [0.5, 0.6) is 5.75 Å². The number of amides is 1. The maximum atomic E-state index is 13.6. The van der Waals surface area contributed by atoms with Crippen molar-refractivity contribution in [1.29, 1.82) is 0 Å². The Hall–Kier alpha value is -3.61. The topological polar surface area (TPSA) is 82.1 Å². The minimum atomic E-state index is -0.940. The van der Waals surface area contributed by atoms with Crippen molar-refractivity contribution in [3.05, 3.63) is 77.9 Å². The van der Waals surface area contributed by atoms with Gasteiger partial charge in [-0.15, -0.1) is 0 Å². The number of carbonyl (C=O) groups excluding carboxylic acids is 3. The average molecular weight is 482 g/mol. The quantitative estimate of drug-likeness (QED) is 0.348. The summed E-state index contributed by atoms with van der Waals surface area (Å²) in [6, 6.07) is 15.7. The van der Waals surface area contributed by atoms with Crippen LogP contribution < -0.4 is 4.74 Å². The number of nitrogens with zero attached hydrogens (tertiary/aromatic N) is 1. The third kappa shape index (κ3) is 8.92. The van der Waals surface area contributed by atoms with E-state index in [1.807, 2.05) is 42.5 Å². The van der Waals surface area contributed by atoms with Crippen molar-refractivity contribution >= 4 is 17.8 Å². The lowest BCUT2D eigenvalue weighted by molar-refractivity contribution is -0.164. The fraction of sp³-hybridized carbons (Fsp3) is 0.393. The van der Waals surface area contributed by atoms with Crippen molar-refractivity contribution < 1.29 is 28.6 Å². The van der Waals surface area contributed by atoms with Crippen LogP contribution in [0.1, 0.15) is 45.2 Å². The van der Waals surface area contributed by atoms with Crippen molar-refractivity contribution in [3.8, 4) is 5.75 Å². The van der Waals surface area contributed by atoms with Crippen LogP contribution in [0.4, 0.5) is 0 Å². The van der Waals surface area contributed by atoms with Gasteiger partial charge in [0.15, 0.2) is 0 Å². The van der Waals surface area contributed by atoms with Gasteiger partial charge in [0.2, 0.25) is 0 Å². The summed E-state index contributed by atoms with van der Waals surface area (Å²) < 4.78 is 15.9. The molecule has 2 rings (SSSR count). The van der Waals surface area contributed by atoms with Gasteiger partial charge in [-0.25, -0.2) is 4.79 Å². The van der Waals surface area contributed by atoms with Gasteiger partial charge in [0.25, 0.3) is 5.91 Å². The summed E-state index contributed by atoms with van der Waals surface area (Å²) in [5, 5.41) is 0. The van der Waals surface area contributed by atoms with Gasteiger partial charge in [-0.2, -0.15) is 0 Å². The number of carbonyl (C=O) groups is 3. The van der Waals surface area contributed by atoms with Gasteiger partial charge in [0, 0.05) is 18.5 Å². The first-order valence-corrected chi connectivity index (χ1v) is 11.6. The SMILES string of the molecule is C=C(CC(=O)OCC)C(=O)N(Cc1ccc(OC)cc1)[C@@H](Cc1ccccc1)C(=O)OC(C)(C)C. The molecule has 0 saturated heterocycles. The number of methoxy groups -OCH3 is 1. The third-order valence-electron chi connectivity index (χ3n) is 5.07. The molecule has 0 unspecified atom stereocenters. The Balaban J connectivity index is 2.46. The molecule has 0 bridgehead atoms. The van der Waals surface area contributed by atoms with E-state index in [4.69, 9.17) is 14.2 Å². The standard InChI is InChI=1S/C28H35NO6/c1-7-34-25(30)17-20(2)26(31)29(19-22-13-15-23(33-6)16-14-22)24(27(32)35-28(3,4)5)18-21-11-9-8-10-12-21/h8-16,24H,2,7,17-19H2,1,3-6H3/t24-/m0/s1. The molecule has 0 fully saturated rings. The van der Waals surface area contributed by atoms with Crippen LogP contribution in [0.2, 0.25) is 0 Å². The lowest BCUT2D eigenvalue weighted by atomic mass is 10.0. The Morgan fingerprint density at radius 1 is 0.971 bits per heavy atom. The van der Waals surface area contributed by atoms with Crippen LogP contribution in [0.15, 0.2) is 66.7 Å². The highest BCUT2D eigenvalue weighted by atomic mass is 16.6. The minimum absolute atomic E-state index is 0.0404. The highest BCUT2D eigenvalue weighted by Gasteiger charge is 2.35. The lowest BCUT2D eigenvalue weighted by Gasteiger charge is -2.33. The molecular weight excluding hydrogens is 446 g/mol. The summed E-state index contributed by atoms with van der Waals surface area (Å²) in [6.45, 7) is 11.2. The summed E-state index contributed by atoms with van der Waals surface area (Å²) in [5.74, 6) is -0.925. The summed E-state index contributed by atoms with van der Waals surface area (Å²) in [7, 11) is 1.57. The molecule has 0 radical (unpaired) electrons. The number of rotatable bonds is 11. The van der Waals surface area contributed by atoms with Crippen LogP contribution in [0, 0.1) is 0 Å². The second kappa shape index (κ2) is 12.7. The summed E-state index contributed by atoms with van der Waals surface area (Å²) in [4.78, 5) is 40.4. The van der Waals surface area contributed by atoms with Crippen molar-refractivity contribution in [2.24, 2.45) is 0 Å². The second-order valence-electron chi connectivity index (χ2n) is 9.11. The predicted octanol–water partition coefficient (Wildman–Crippen LogP) is 4.49. The highest BCUT2D eigenvalue weighted by molar-refractivity contribution is 5.99. The van der Waals surface area contributed by atoms with Crippen LogP contribution in [0.3, 0.4) is 0 Å². The van der Waals surface area contributed by atoms with Crippen molar-refractivity contribution in [2.45, 2.75) is 58.7 Å². The van der Waals surface area contributed by atoms with E-state index >= 15 is 0 Å². The normalized spacial score (nSPS) is 11.8. The minimum Gasteiger partial charge on any atom is -0.497 e. The summed E-state index contributed by atoms with van der Waals surface area (Å²) in [5.41, 5.74) is 0.943. The molecule has 0 aliphatic rings. The van der Waals surface area contributed by atoms with Crippen molar-refractivity contribution in [3.63, 3.8) is 0 Å². The Kier molecular flexibility index (Phi) is 10.1. The lowest BCUT2D eigenvalue weighted by Crippen LogP contribution is -2.48. The first kappa shape index (κ1) is 27.6. The summed E-state index contributed by atoms with van der Waals surface area (Å²) >= 11 is 0. The molecule has 0 spiro atoms. The zero-order chi connectivity index (χ0) is 26.0. The van der Waals surface area contributed by atoms with Gasteiger partial charge in [0.1, 0.15) is 17.4 Å². The maximum absolute atomic E-state index is 13.6. The monoisotopic (exact) mass is 481 g/mol. The molecule has 7 nitrogen and oxygen atoms in total. The number of hydrogen-bond acceptors (Lipinski definition) is 6. The number of benzene rings is 2. The third-order valence-corrected chi connectivity index (χ3v) is 5.07. The molecule has 2 aromatic rings. The molecule has 1 atom stereocenters. The first-order chi connectivity index (χ1) is 16.5. The van der Waals surface area contributed by atoms with Gasteiger partial charge in [-0.3, -0.25) is 9.59 Å². The van der Waals surface area contributed by atoms with E-state index in [0.29, 0.717) is 5.75 Å². The first-order valence-electron chi connectivity index (χ1n) is 11.6. The fourth-order valence-electron chi connectivity index (χ4n) is 3.44. The van der Waals surface area contributed by atoms with E-state index in [1.54, 1.807) is 46.9 Å². The number of esters is 2. The molecule has 35 heavy (non-hydrogen) atoms. The van der Waals surface area contributed by atoms with Crippen LogP contribution in [-0.4, -0.2) is 48.1 Å². The molecule has 0 aromatic heterocycles. The van der Waals surface area contributed by atoms with E-state index in [-0.39, 0.29) is 31.6 Å². The molecule has 7 heteroatoms. The smallest absolute Gasteiger partial charge is 0.329 e. The van der Waals surface area contributed by atoms with Crippen LogP contribution in [-0.2, 0) is 36.8 Å². The molecule has 0 N–H and O–H groups in total. The predicted molar refractivity (Wildman–Crippen MR) is 134 cm³/mol. The molecule has 188 valence electrons. The largest absolute Gasteiger partial charge is 0.497 e. The van der Waals surface area contributed by atoms with E-state index in [2.05, 4.69) is 6.58 Å². The Labute approximate surface area is 207 Å². The summed E-state index contributed by atoms with van der Waals surface area (Å²) in [6.07, 6.45) is -0.0253. The zero-order valence-corrected chi connectivity index (χ0v) is 21.2. The molecule has 1 amide bonds. The van der Waals surface area contributed by atoms with Gasteiger partial charge < -0.3 is 19.1 Å². The van der Waals surface area contributed by atoms with E-state index < -0.39 is 29.5 Å². The molecular formula is C28H35NO6. The molecule has 0 aliphatic heterocycles. The van der Waals surface area contributed by atoms with Crippen LogP contribution in [0.25, 0.3) is 0 Å². The average Bonchev–Trinajstić information content (AvgIpc) is 2.81. The van der Waals surface area contributed by atoms with E-state index in [1.165, 1.54) is 4.90 Å². The van der Waals surface area contributed by atoms with Gasteiger partial charge in [0.05, 0.1) is 20.1 Å². The number of ether oxygens (including phenoxy) is 3. The molecule has 0 heterocycles. The van der Waals surface area contributed by atoms with Gasteiger partial charge >= 0.3 is 11.9 Å². The van der Waals surface area contributed by atoms with Crippen molar-refractivity contribution in [2.75, 3.05) is 13.7 Å². The van der Waals surface area contributed by atoms with Crippen molar-refractivity contribution in [1.82, 2.24) is 4.90 Å². The van der Waals surface area contributed by atoms with Crippen LogP contribution >= 0.6 is 0 Å². The van der Waals surface area contributed by atoms with Gasteiger partial charge in [-0.1, -0.05) is 49.0 Å². The Morgan fingerprint density at radius 3 is 2.14 bits per heavy atom. The fourth-order valence-corrected chi connectivity index (χ4v) is 3.44. The number of hydrogen-bond donors (Lipinski definition) is 0. The molecule has 2 aromatic carbocycles. The molecule has 0 saturated carbocycles. The zero-order valence-electron chi connectivity index (χ0n) is 21.2. The van der Waals surface area contributed by atoms with E-state index in [0.717, 1.165) is 11.1 Å². The van der Waals surface area contributed by atoms with Gasteiger partial charge in [-0.05, 0) is 51.0 Å². The second-order valence-corrected chi connectivity index (χ2v) is 9.11. The Bertz CT molecular complexity index is 1010. The van der Waals surface area contributed by atoms with E-state index in [9.17, 15) is 14.4 Å². The Morgan fingerprint density at radius 2 is 1.60 bits per heavy atom. The highest BCUT2D eigenvalue weighted by Crippen LogP contribution is 2.22. The maximum Gasteiger partial charge on any atom is 0.329 e. The molecule has 0 aliphatic carbocycles.